The Balaban J connectivity index is 2.46. The Labute approximate surface area is 95.7 Å². The van der Waals surface area contributed by atoms with E-state index in [0.717, 1.165) is 11.1 Å². The first-order chi connectivity index (χ1) is 7.63. The van der Waals surface area contributed by atoms with Crippen molar-refractivity contribution in [3.05, 3.63) is 35.4 Å². The molecule has 0 saturated carbocycles. The van der Waals surface area contributed by atoms with E-state index < -0.39 is 6.10 Å². The van der Waals surface area contributed by atoms with Crippen molar-refractivity contribution in [3.8, 4) is 0 Å². The van der Waals surface area contributed by atoms with E-state index in [9.17, 15) is 9.90 Å². The normalized spacial score (nSPS) is 12.2. The number of aliphatic hydroxyl groups excluding tert-OH is 1. The van der Waals surface area contributed by atoms with E-state index in [1.54, 1.807) is 7.05 Å². The van der Waals surface area contributed by atoms with Gasteiger partial charge in [-0.25, -0.2) is 0 Å². The van der Waals surface area contributed by atoms with E-state index >= 15 is 0 Å². The minimum absolute atomic E-state index is 0.116. The van der Waals surface area contributed by atoms with Crippen molar-refractivity contribution in [1.29, 1.82) is 0 Å². The fourth-order valence-corrected chi connectivity index (χ4v) is 1.43. The summed E-state index contributed by atoms with van der Waals surface area (Å²) >= 11 is 0. The Kier molecular flexibility index (Phi) is 4.95. The number of aliphatic hydroxyl groups is 1. The van der Waals surface area contributed by atoms with Crippen LogP contribution < -0.4 is 10.6 Å². The fourth-order valence-electron chi connectivity index (χ4n) is 1.43. The molecular formula is C12H18N2O2. The summed E-state index contributed by atoms with van der Waals surface area (Å²) in [6, 6.07) is 7.62. The zero-order valence-corrected chi connectivity index (χ0v) is 9.66. The van der Waals surface area contributed by atoms with Crippen LogP contribution in [0.5, 0.6) is 0 Å². The van der Waals surface area contributed by atoms with Gasteiger partial charge in [-0.1, -0.05) is 29.8 Å². The third kappa shape index (κ3) is 4.00. The summed E-state index contributed by atoms with van der Waals surface area (Å²) in [4.78, 5) is 11.2. The topological polar surface area (TPSA) is 61.4 Å². The van der Waals surface area contributed by atoms with Gasteiger partial charge in [0, 0.05) is 6.54 Å². The first kappa shape index (κ1) is 12.7. The number of aryl methyl sites for hydroxylation is 1. The highest BCUT2D eigenvalue weighted by molar-refractivity contribution is 5.77. The van der Waals surface area contributed by atoms with E-state index in [1.165, 1.54) is 0 Å². The Morgan fingerprint density at radius 2 is 2.25 bits per heavy atom. The van der Waals surface area contributed by atoms with Gasteiger partial charge >= 0.3 is 0 Å². The van der Waals surface area contributed by atoms with Gasteiger partial charge in [-0.15, -0.1) is 0 Å². The molecule has 1 rings (SSSR count). The van der Waals surface area contributed by atoms with Gasteiger partial charge in [0.05, 0.1) is 12.6 Å². The summed E-state index contributed by atoms with van der Waals surface area (Å²) in [5, 5.41) is 15.2. The lowest BCUT2D eigenvalue weighted by Crippen LogP contribution is -2.34. The molecule has 4 nitrogen and oxygen atoms in total. The Morgan fingerprint density at radius 1 is 1.50 bits per heavy atom. The average Bonchev–Trinajstić information content (AvgIpc) is 2.26. The molecule has 1 unspecified atom stereocenters. The molecule has 1 atom stereocenters. The first-order valence-corrected chi connectivity index (χ1v) is 5.29. The predicted octanol–water partition coefficient (Wildman–Crippen LogP) is 0.364. The maximum atomic E-state index is 11.2. The van der Waals surface area contributed by atoms with E-state index in [1.807, 2.05) is 31.2 Å². The molecule has 1 amide bonds. The van der Waals surface area contributed by atoms with Crippen molar-refractivity contribution in [2.24, 2.45) is 0 Å². The van der Waals surface area contributed by atoms with E-state index in [4.69, 9.17) is 0 Å². The zero-order chi connectivity index (χ0) is 12.0. The molecule has 0 aliphatic rings. The van der Waals surface area contributed by atoms with Crippen molar-refractivity contribution in [2.45, 2.75) is 13.0 Å². The van der Waals surface area contributed by atoms with Gasteiger partial charge < -0.3 is 15.7 Å². The van der Waals surface area contributed by atoms with E-state index in [0.29, 0.717) is 0 Å². The number of carbonyl (C=O) groups excluding carboxylic acids is 1. The maximum absolute atomic E-state index is 11.2. The Morgan fingerprint density at radius 3 is 2.88 bits per heavy atom. The highest BCUT2D eigenvalue weighted by Gasteiger charge is 2.08. The predicted molar refractivity (Wildman–Crippen MR) is 63.1 cm³/mol. The summed E-state index contributed by atoms with van der Waals surface area (Å²) in [6.07, 6.45) is -0.652. The fraction of sp³-hybridized carbons (Fsp3) is 0.417. The van der Waals surface area contributed by atoms with Crippen LogP contribution in [-0.2, 0) is 4.79 Å². The number of nitrogens with one attached hydrogen (secondary N) is 2. The van der Waals surface area contributed by atoms with Crippen molar-refractivity contribution in [1.82, 2.24) is 10.6 Å². The first-order valence-electron chi connectivity index (χ1n) is 5.29. The van der Waals surface area contributed by atoms with Crippen LogP contribution in [0.15, 0.2) is 24.3 Å². The van der Waals surface area contributed by atoms with Crippen molar-refractivity contribution < 1.29 is 9.90 Å². The Bertz CT molecular complexity index is 353. The third-order valence-electron chi connectivity index (χ3n) is 2.26. The lowest BCUT2D eigenvalue weighted by atomic mass is 10.1. The summed E-state index contributed by atoms with van der Waals surface area (Å²) in [5.41, 5.74) is 1.92. The molecule has 0 aromatic heterocycles. The number of amides is 1. The van der Waals surface area contributed by atoms with Gasteiger partial charge in [0.2, 0.25) is 5.91 Å². The maximum Gasteiger partial charge on any atom is 0.234 e. The standard InChI is InChI=1S/C12H18N2O2/c1-9-4-3-5-10(6-9)11(15)7-14-12(16)8-13-2/h3-6,11,13,15H,7-8H2,1-2H3,(H,14,16). The van der Waals surface area contributed by atoms with Gasteiger partial charge in [-0.2, -0.15) is 0 Å². The van der Waals surface area contributed by atoms with Gasteiger partial charge in [-0.05, 0) is 19.5 Å². The van der Waals surface area contributed by atoms with Crippen LogP contribution >= 0.6 is 0 Å². The Hall–Kier alpha value is -1.39. The summed E-state index contributed by atoms with van der Waals surface area (Å²) in [5.74, 6) is -0.116. The number of benzene rings is 1. The van der Waals surface area contributed by atoms with E-state index in [2.05, 4.69) is 10.6 Å². The molecule has 3 N–H and O–H groups in total. The van der Waals surface area contributed by atoms with Gasteiger partial charge in [0.15, 0.2) is 0 Å². The molecule has 0 heterocycles. The van der Waals surface area contributed by atoms with Crippen LogP contribution in [0.25, 0.3) is 0 Å². The molecule has 1 aromatic rings. The van der Waals surface area contributed by atoms with Gasteiger partial charge in [0.1, 0.15) is 0 Å². The van der Waals surface area contributed by atoms with E-state index in [-0.39, 0.29) is 19.0 Å². The number of hydrogen-bond donors (Lipinski definition) is 3. The molecule has 0 aliphatic carbocycles. The monoisotopic (exact) mass is 222 g/mol. The SMILES string of the molecule is CNCC(=O)NCC(O)c1cccc(C)c1. The minimum atomic E-state index is -0.652. The van der Waals surface area contributed by atoms with Crippen molar-refractivity contribution in [3.63, 3.8) is 0 Å². The molecule has 0 bridgehead atoms. The van der Waals surface area contributed by atoms with Crippen LogP contribution in [-0.4, -0.2) is 31.2 Å². The third-order valence-corrected chi connectivity index (χ3v) is 2.26. The van der Waals surface area contributed by atoms with Crippen LogP contribution in [0.2, 0.25) is 0 Å². The molecule has 0 spiro atoms. The number of carbonyl (C=O) groups is 1. The second-order valence-corrected chi connectivity index (χ2v) is 3.76. The second-order valence-electron chi connectivity index (χ2n) is 3.76. The minimum Gasteiger partial charge on any atom is -0.387 e. The average molecular weight is 222 g/mol. The molecule has 1 aromatic carbocycles. The van der Waals surface area contributed by atoms with Gasteiger partial charge in [-0.3, -0.25) is 4.79 Å². The molecule has 0 saturated heterocycles. The molecule has 0 fully saturated rings. The molecule has 88 valence electrons. The summed E-state index contributed by atoms with van der Waals surface area (Å²) in [6.45, 7) is 2.47. The molecule has 0 radical (unpaired) electrons. The van der Waals surface area contributed by atoms with Crippen LogP contribution in [0.4, 0.5) is 0 Å². The van der Waals surface area contributed by atoms with Crippen molar-refractivity contribution >= 4 is 5.91 Å². The van der Waals surface area contributed by atoms with Crippen molar-refractivity contribution in [2.75, 3.05) is 20.1 Å². The summed E-state index contributed by atoms with van der Waals surface area (Å²) in [7, 11) is 1.70. The highest BCUT2D eigenvalue weighted by atomic mass is 16.3. The second kappa shape index (κ2) is 6.25. The van der Waals surface area contributed by atoms with Crippen LogP contribution in [0.1, 0.15) is 17.2 Å². The number of rotatable bonds is 5. The lowest BCUT2D eigenvalue weighted by Gasteiger charge is -2.12. The molecule has 4 heteroatoms. The smallest absolute Gasteiger partial charge is 0.234 e. The number of hydrogen-bond acceptors (Lipinski definition) is 3. The van der Waals surface area contributed by atoms with Crippen LogP contribution in [0, 0.1) is 6.92 Å². The summed E-state index contributed by atoms with van der Waals surface area (Å²) < 4.78 is 0. The molecular weight excluding hydrogens is 204 g/mol. The quantitative estimate of drug-likeness (QED) is 0.674. The zero-order valence-electron chi connectivity index (χ0n) is 9.66. The number of likely N-dealkylation sites (N-methyl/N-ethyl adjacent to an activating group) is 1. The molecule has 0 aliphatic heterocycles. The lowest BCUT2D eigenvalue weighted by molar-refractivity contribution is -0.120. The highest BCUT2D eigenvalue weighted by Crippen LogP contribution is 2.12. The molecule has 16 heavy (non-hydrogen) atoms. The van der Waals surface area contributed by atoms with Gasteiger partial charge in [0.25, 0.3) is 0 Å². The van der Waals surface area contributed by atoms with Crippen LogP contribution in [0.3, 0.4) is 0 Å². The largest absolute Gasteiger partial charge is 0.387 e.